The molecule has 37 heavy (non-hydrogen) atoms. The Hall–Kier alpha value is -4.45. The van der Waals surface area contributed by atoms with Crippen LogP contribution in [0.5, 0.6) is 11.5 Å². The molecule has 0 bridgehead atoms. The second kappa shape index (κ2) is 9.90. The van der Waals surface area contributed by atoms with Crippen LogP contribution in [0.4, 0.5) is 0 Å². The molecule has 1 aliphatic heterocycles. The summed E-state index contributed by atoms with van der Waals surface area (Å²) >= 11 is 0. The summed E-state index contributed by atoms with van der Waals surface area (Å²) in [7, 11) is -1.11. The predicted octanol–water partition coefficient (Wildman–Crippen LogP) is 2.02. The number of benzene rings is 2. The Morgan fingerprint density at radius 2 is 1.76 bits per heavy atom. The van der Waals surface area contributed by atoms with Gasteiger partial charge in [-0.15, -0.1) is 0 Å². The summed E-state index contributed by atoms with van der Waals surface area (Å²) in [6.45, 7) is 1.09. The number of carbonyl (C=O) groups excluding carboxylic acids is 2. The van der Waals surface area contributed by atoms with E-state index < -0.39 is 27.6 Å². The lowest BCUT2D eigenvalue weighted by Crippen LogP contribution is -2.41. The third-order valence-electron chi connectivity index (χ3n) is 5.70. The van der Waals surface area contributed by atoms with Gasteiger partial charge in [0, 0.05) is 25.7 Å². The van der Waals surface area contributed by atoms with Gasteiger partial charge < -0.3 is 19.4 Å². The average Bonchev–Trinajstić information content (AvgIpc) is 3.12. The highest BCUT2D eigenvalue weighted by atomic mass is 32.2. The minimum absolute atomic E-state index is 0.0296. The van der Waals surface area contributed by atoms with Gasteiger partial charge in [-0.25, -0.2) is 4.99 Å². The summed E-state index contributed by atoms with van der Waals surface area (Å²) in [6.07, 6.45) is 3.27. The van der Waals surface area contributed by atoms with E-state index in [1.54, 1.807) is 31.6 Å². The summed E-state index contributed by atoms with van der Waals surface area (Å²) in [5.41, 5.74) is 7.07. The molecule has 0 radical (unpaired) electrons. The number of aromatic nitrogens is 1. The van der Waals surface area contributed by atoms with Crippen molar-refractivity contribution in [2.75, 3.05) is 20.1 Å². The molecule has 0 spiro atoms. The number of hydrogen-bond acceptors (Lipinski definition) is 10. The van der Waals surface area contributed by atoms with Gasteiger partial charge in [0.05, 0.1) is 13.3 Å². The highest BCUT2D eigenvalue weighted by Crippen LogP contribution is 2.41. The van der Waals surface area contributed by atoms with Crippen molar-refractivity contribution >= 4 is 28.0 Å². The molecule has 0 fully saturated rings. The van der Waals surface area contributed by atoms with E-state index in [0.717, 1.165) is 18.1 Å². The molecule has 12 heteroatoms. The summed E-state index contributed by atoms with van der Waals surface area (Å²) in [5, 5.41) is 0. The van der Waals surface area contributed by atoms with E-state index in [1.807, 2.05) is 18.2 Å². The Morgan fingerprint density at radius 3 is 2.38 bits per heavy atom. The fourth-order valence-corrected chi connectivity index (χ4v) is 4.64. The van der Waals surface area contributed by atoms with Gasteiger partial charge in [0.25, 0.3) is 5.91 Å². The first kappa shape index (κ1) is 25.6. The molecule has 192 valence electrons. The Bertz CT molecular complexity index is 1490. The van der Waals surface area contributed by atoms with Gasteiger partial charge in [-0.1, -0.05) is 30.3 Å². The van der Waals surface area contributed by atoms with E-state index in [0.29, 0.717) is 16.9 Å². The molecule has 0 saturated heterocycles. The lowest BCUT2D eigenvalue weighted by molar-refractivity contribution is -0.139. The number of hydrogen-bond donors (Lipinski definition) is 1. The van der Waals surface area contributed by atoms with Crippen molar-refractivity contribution in [2.24, 2.45) is 10.7 Å². The lowest BCUT2D eigenvalue weighted by atomic mass is 9.82. The first-order valence-corrected chi connectivity index (χ1v) is 12.5. The fourth-order valence-electron chi connectivity index (χ4n) is 3.87. The number of carbonyl (C=O) groups is 2. The largest absolute Gasteiger partial charge is 0.495 e. The first-order valence-electron chi connectivity index (χ1n) is 11.0. The molecule has 2 N–H and O–H groups in total. The van der Waals surface area contributed by atoms with Crippen LogP contribution in [0.15, 0.2) is 72.0 Å². The van der Waals surface area contributed by atoms with Crippen LogP contribution in [0.25, 0.3) is 11.1 Å². The number of likely N-dealkylation sites (N-methyl/N-ethyl adjacent to an activating group) is 1. The molecule has 11 nitrogen and oxygen atoms in total. The Morgan fingerprint density at radius 1 is 1.03 bits per heavy atom. The van der Waals surface area contributed by atoms with Gasteiger partial charge >= 0.3 is 16.1 Å². The number of nitrogens with two attached hydrogens (primary N) is 1. The van der Waals surface area contributed by atoms with Gasteiger partial charge in [0.2, 0.25) is 5.94 Å². The van der Waals surface area contributed by atoms with E-state index >= 15 is 0 Å². The lowest BCUT2D eigenvalue weighted by Gasteiger charge is -2.26. The smallest absolute Gasteiger partial charge is 0.345 e. The molecule has 4 rings (SSSR count). The van der Waals surface area contributed by atoms with Crippen molar-refractivity contribution in [1.29, 1.82) is 0 Å². The number of amides is 1. The fraction of sp³-hybridized carbons (Fsp3) is 0.200. The van der Waals surface area contributed by atoms with Gasteiger partial charge in [-0.05, 0) is 41.0 Å². The summed E-state index contributed by atoms with van der Waals surface area (Å²) < 4.78 is 38.9. The molecular formula is C25H24N4O7S. The number of ether oxygens (including phenoxy) is 2. The number of guanidine groups is 1. The van der Waals surface area contributed by atoms with Crippen LogP contribution >= 0.6 is 0 Å². The molecule has 0 saturated carbocycles. The molecule has 1 amide bonds. The molecule has 1 atom stereocenters. The molecule has 2 aromatic carbocycles. The van der Waals surface area contributed by atoms with Crippen molar-refractivity contribution in [1.82, 2.24) is 9.88 Å². The highest BCUT2D eigenvalue weighted by Gasteiger charge is 2.49. The summed E-state index contributed by atoms with van der Waals surface area (Å²) in [5.74, 6) is -1.49. The standard InChI is InChI=1S/C25H24N4O7S/c1-16(30)35-15-37(32,33)36-21-9-7-19(8-10-21)25(23(31)29(2)24(26)28-25)20-6-4-5-17(11-20)18-12-22(34-3)14-27-13-18/h4-14H,15H2,1-3H3,(H2,26,28). The molecule has 2 heterocycles. The van der Waals surface area contributed by atoms with Gasteiger partial charge in [-0.3, -0.25) is 19.5 Å². The van der Waals surface area contributed by atoms with Crippen molar-refractivity contribution in [2.45, 2.75) is 12.5 Å². The maximum Gasteiger partial charge on any atom is 0.345 e. The van der Waals surface area contributed by atoms with Crippen molar-refractivity contribution < 1.29 is 31.7 Å². The van der Waals surface area contributed by atoms with Crippen LogP contribution in [-0.2, 0) is 30.0 Å². The molecule has 3 aromatic rings. The van der Waals surface area contributed by atoms with E-state index in [-0.39, 0.29) is 17.6 Å². The number of nitrogens with zero attached hydrogens (tertiary/aromatic N) is 3. The Kier molecular flexibility index (Phi) is 6.86. The van der Waals surface area contributed by atoms with Crippen molar-refractivity contribution in [3.63, 3.8) is 0 Å². The highest BCUT2D eigenvalue weighted by molar-refractivity contribution is 7.86. The van der Waals surface area contributed by atoms with E-state index in [4.69, 9.17) is 14.7 Å². The zero-order valence-electron chi connectivity index (χ0n) is 20.2. The average molecular weight is 525 g/mol. The minimum atomic E-state index is -4.18. The van der Waals surface area contributed by atoms with Crippen molar-refractivity contribution in [3.05, 3.63) is 78.1 Å². The maximum atomic E-state index is 13.6. The van der Waals surface area contributed by atoms with Crippen LogP contribution < -0.4 is 14.7 Å². The topological polar surface area (TPSA) is 150 Å². The van der Waals surface area contributed by atoms with Gasteiger partial charge in [0.1, 0.15) is 11.5 Å². The predicted molar refractivity (Wildman–Crippen MR) is 134 cm³/mol. The number of aliphatic imine (C=N–C) groups is 1. The first-order chi connectivity index (χ1) is 17.6. The molecular weight excluding hydrogens is 500 g/mol. The Balaban J connectivity index is 1.75. The molecule has 1 aromatic heterocycles. The van der Waals surface area contributed by atoms with Crippen molar-refractivity contribution in [3.8, 4) is 22.6 Å². The minimum Gasteiger partial charge on any atom is -0.495 e. The SMILES string of the molecule is COc1cncc(-c2cccc(C3(c4ccc(OS(=O)(=O)COC(C)=O)cc4)N=C(N)N(C)C3=O)c2)c1. The van der Waals surface area contributed by atoms with Crippen LogP contribution in [0.3, 0.4) is 0 Å². The summed E-state index contributed by atoms with van der Waals surface area (Å²) in [4.78, 5) is 34.5. The number of pyridine rings is 1. The van der Waals surface area contributed by atoms with Gasteiger partial charge in [-0.2, -0.15) is 8.42 Å². The quantitative estimate of drug-likeness (QED) is 0.345. The maximum absolute atomic E-state index is 13.6. The van der Waals surface area contributed by atoms with E-state index in [1.165, 1.54) is 36.2 Å². The molecule has 1 aliphatic rings. The van der Waals surface area contributed by atoms with Crippen LogP contribution in [0.1, 0.15) is 18.1 Å². The molecule has 0 aliphatic carbocycles. The normalized spacial score (nSPS) is 17.3. The zero-order valence-corrected chi connectivity index (χ0v) is 21.1. The zero-order chi connectivity index (χ0) is 26.8. The third kappa shape index (κ3) is 5.09. The van der Waals surface area contributed by atoms with Crippen LogP contribution in [0, 0.1) is 0 Å². The van der Waals surface area contributed by atoms with E-state index in [2.05, 4.69) is 14.7 Å². The van der Waals surface area contributed by atoms with Crippen LogP contribution in [-0.4, -0.2) is 56.2 Å². The van der Waals surface area contributed by atoms with Gasteiger partial charge in [0.15, 0.2) is 11.5 Å². The number of esters is 1. The summed E-state index contributed by atoms with van der Waals surface area (Å²) in [6, 6.07) is 14.9. The van der Waals surface area contributed by atoms with E-state index in [9.17, 15) is 18.0 Å². The second-order valence-corrected chi connectivity index (χ2v) is 9.68. The van der Waals surface area contributed by atoms with Crippen LogP contribution in [0.2, 0.25) is 0 Å². The second-order valence-electron chi connectivity index (χ2n) is 8.16. The number of rotatable bonds is 8. The number of methoxy groups -OCH3 is 1. The Labute approximate surface area is 213 Å². The third-order valence-corrected chi connectivity index (χ3v) is 6.56. The monoisotopic (exact) mass is 524 g/mol. The molecule has 1 unspecified atom stereocenters.